The van der Waals surface area contributed by atoms with E-state index >= 15 is 0 Å². The fraction of sp³-hybridized carbons (Fsp3) is 0. The van der Waals surface area contributed by atoms with E-state index in [1.807, 2.05) is 35.0 Å². The van der Waals surface area contributed by atoms with E-state index in [9.17, 15) is 4.39 Å². The second-order valence-electron chi connectivity index (χ2n) is 3.88. The van der Waals surface area contributed by atoms with Crippen LogP contribution in [0.2, 0.25) is 0 Å². The van der Waals surface area contributed by atoms with Crippen LogP contribution in [0.4, 0.5) is 4.39 Å². The summed E-state index contributed by atoms with van der Waals surface area (Å²) in [7, 11) is 0. The van der Waals surface area contributed by atoms with Gasteiger partial charge in [0.05, 0.1) is 5.69 Å². The average Bonchev–Trinajstić information content (AvgIpc) is 2.81. The van der Waals surface area contributed by atoms with Crippen LogP contribution in [0.1, 0.15) is 11.3 Å². The maximum absolute atomic E-state index is 12.7. The van der Waals surface area contributed by atoms with Crippen molar-refractivity contribution in [3.05, 3.63) is 66.0 Å². The van der Waals surface area contributed by atoms with Crippen molar-refractivity contribution < 1.29 is 4.39 Å². The maximum atomic E-state index is 12.7. The van der Waals surface area contributed by atoms with Gasteiger partial charge in [0.25, 0.3) is 0 Å². The predicted octanol–water partition coefficient (Wildman–Crippen LogP) is 3.04. The van der Waals surface area contributed by atoms with Gasteiger partial charge in [0.2, 0.25) is 5.78 Å². The third-order valence-corrected chi connectivity index (χ3v) is 2.57. The normalized spacial score (nSPS) is 11.4. The highest BCUT2D eigenvalue weighted by Gasteiger charge is 1.97. The number of hydrogen-bond donors (Lipinski definition) is 0. The molecule has 0 saturated heterocycles. The molecule has 4 heteroatoms. The van der Waals surface area contributed by atoms with Gasteiger partial charge in [-0.3, -0.25) is 4.40 Å². The van der Waals surface area contributed by atoms with Crippen molar-refractivity contribution in [2.24, 2.45) is 0 Å². The van der Waals surface area contributed by atoms with Crippen molar-refractivity contribution in [1.82, 2.24) is 14.4 Å². The first kappa shape index (κ1) is 10.7. The molecule has 0 radical (unpaired) electrons. The number of halogens is 1. The summed E-state index contributed by atoms with van der Waals surface area (Å²) in [6.45, 7) is 0. The topological polar surface area (TPSA) is 30.2 Å². The third-order valence-electron chi connectivity index (χ3n) is 2.57. The molecule has 0 aliphatic carbocycles. The summed E-state index contributed by atoms with van der Waals surface area (Å²) in [5.41, 5.74) is 1.75. The van der Waals surface area contributed by atoms with E-state index in [4.69, 9.17) is 0 Å². The standard InChI is InChI=1S/C14H10FN3/c15-12-5-2-11(3-6-12)4-7-13-10-18-9-1-8-16-14(18)17-13/h1-10H/b7-4+. The Labute approximate surface area is 103 Å². The molecular formula is C14H10FN3. The molecule has 0 fully saturated rings. The van der Waals surface area contributed by atoms with Crippen LogP contribution < -0.4 is 0 Å². The van der Waals surface area contributed by atoms with Crippen LogP contribution in [0.15, 0.2) is 48.9 Å². The Hall–Kier alpha value is -2.49. The molecule has 2 heterocycles. The molecule has 3 rings (SSSR count). The second kappa shape index (κ2) is 4.41. The fourth-order valence-electron chi connectivity index (χ4n) is 1.68. The summed E-state index contributed by atoms with van der Waals surface area (Å²) < 4.78 is 14.6. The monoisotopic (exact) mass is 239 g/mol. The van der Waals surface area contributed by atoms with Gasteiger partial charge in [0.15, 0.2) is 0 Å². The number of rotatable bonds is 2. The van der Waals surface area contributed by atoms with Gasteiger partial charge in [-0.05, 0) is 29.8 Å². The summed E-state index contributed by atoms with van der Waals surface area (Å²) in [4.78, 5) is 8.47. The molecule has 0 unspecified atom stereocenters. The Morgan fingerprint density at radius 2 is 1.94 bits per heavy atom. The summed E-state index contributed by atoms with van der Waals surface area (Å²) in [6, 6.07) is 8.16. The Kier molecular flexibility index (Phi) is 2.61. The van der Waals surface area contributed by atoms with Crippen LogP contribution in [-0.2, 0) is 0 Å². The Morgan fingerprint density at radius 3 is 2.72 bits per heavy atom. The third kappa shape index (κ3) is 2.13. The van der Waals surface area contributed by atoms with Gasteiger partial charge < -0.3 is 0 Å². The molecule has 88 valence electrons. The quantitative estimate of drug-likeness (QED) is 0.688. The molecule has 0 saturated carbocycles. The second-order valence-corrected chi connectivity index (χ2v) is 3.88. The average molecular weight is 239 g/mol. The zero-order valence-corrected chi connectivity index (χ0v) is 9.49. The fourth-order valence-corrected chi connectivity index (χ4v) is 1.68. The smallest absolute Gasteiger partial charge is 0.234 e. The first-order valence-corrected chi connectivity index (χ1v) is 5.55. The number of fused-ring (bicyclic) bond motifs is 1. The molecule has 0 aliphatic heterocycles. The highest BCUT2D eigenvalue weighted by molar-refractivity contribution is 5.68. The minimum atomic E-state index is -0.232. The Balaban J connectivity index is 1.89. The van der Waals surface area contributed by atoms with E-state index in [-0.39, 0.29) is 5.82 Å². The summed E-state index contributed by atoms with van der Waals surface area (Å²) in [5.74, 6) is 0.431. The lowest BCUT2D eigenvalue weighted by atomic mass is 10.2. The molecule has 0 spiro atoms. The molecule has 0 aliphatic rings. The summed E-state index contributed by atoms with van der Waals surface area (Å²) >= 11 is 0. The van der Waals surface area contributed by atoms with Crippen molar-refractivity contribution in [1.29, 1.82) is 0 Å². The lowest BCUT2D eigenvalue weighted by molar-refractivity contribution is 0.628. The zero-order chi connectivity index (χ0) is 12.4. The van der Waals surface area contributed by atoms with E-state index in [1.165, 1.54) is 12.1 Å². The van der Waals surface area contributed by atoms with E-state index in [0.717, 1.165) is 11.3 Å². The predicted molar refractivity (Wildman–Crippen MR) is 68.3 cm³/mol. The van der Waals surface area contributed by atoms with Crippen LogP contribution in [0.5, 0.6) is 0 Å². The van der Waals surface area contributed by atoms with Crippen LogP contribution >= 0.6 is 0 Å². The molecule has 3 nitrogen and oxygen atoms in total. The van der Waals surface area contributed by atoms with Gasteiger partial charge in [-0.25, -0.2) is 14.4 Å². The highest BCUT2D eigenvalue weighted by Crippen LogP contribution is 2.09. The lowest BCUT2D eigenvalue weighted by Crippen LogP contribution is -1.82. The Bertz CT molecular complexity index is 665. The van der Waals surface area contributed by atoms with Gasteiger partial charge in [-0.15, -0.1) is 0 Å². The van der Waals surface area contributed by atoms with E-state index in [1.54, 1.807) is 18.3 Å². The largest absolute Gasteiger partial charge is 0.291 e. The molecule has 0 bridgehead atoms. The van der Waals surface area contributed by atoms with Crippen molar-refractivity contribution >= 4 is 17.9 Å². The number of hydrogen-bond acceptors (Lipinski definition) is 2. The van der Waals surface area contributed by atoms with Crippen molar-refractivity contribution in [2.45, 2.75) is 0 Å². The van der Waals surface area contributed by atoms with Gasteiger partial charge in [0.1, 0.15) is 5.82 Å². The first-order chi connectivity index (χ1) is 8.81. The molecule has 2 aromatic heterocycles. The van der Waals surface area contributed by atoms with Gasteiger partial charge in [0, 0.05) is 18.6 Å². The molecule has 18 heavy (non-hydrogen) atoms. The summed E-state index contributed by atoms with van der Waals surface area (Å²) in [6.07, 6.45) is 9.26. The number of nitrogens with zero attached hydrogens (tertiary/aromatic N) is 3. The molecule has 0 amide bonds. The minimum Gasteiger partial charge on any atom is -0.291 e. The molecular weight excluding hydrogens is 229 g/mol. The molecule has 3 aromatic rings. The number of benzene rings is 1. The summed E-state index contributed by atoms with van der Waals surface area (Å²) in [5, 5.41) is 0. The number of imidazole rings is 1. The van der Waals surface area contributed by atoms with E-state index < -0.39 is 0 Å². The van der Waals surface area contributed by atoms with Crippen molar-refractivity contribution in [2.75, 3.05) is 0 Å². The lowest BCUT2D eigenvalue weighted by Gasteiger charge is -1.91. The van der Waals surface area contributed by atoms with Crippen LogP contribution in [0.25, 0.3) is 17.9 Å². The van der Waals surface area contributed by atoms with Gasteiger partial charge in [-0.2, -0.15) is 0 Å². The van der Waals surface area contributed by atoms with Gasteiger partial charge in [-0.1, -0.05) is 18.2 Å². The van der Waals surface area contributed by atoms with E-state index in [2.05, 4.69) is 9.97 Å². The van der Waals surface area contributed by atoms with Crippen LogP contribution in [-0.4, -0.2) is 14.4 Å². The highest BCUT2D eigenvalue weighted by atomic mass is 19.1. The van der Waals surface area contributed by atoms with E-state index in [0.29, 0.717) is 5.78 Å². The number of aromatic nitrogens is 3. The first-order valence-electron chi connectivity index (χ1n) is 5.55. The Morgan fingerprint density at radius 1 is 1.11 bits per heavy atom. The SMILES string of the molecule is Fc1ccc(/C=C/c2cn3cccnc3n2)cc1. The molecule has 0 atom stereocenters. The zero-order valence-electron chi connectivity index (χ0n) is 9.49. The molecule has 1 aromatic carbocycles. The van der Waals surface area contributed by atoms with Gasteiger partial charge >= 0.3 is 0 Å². The van der Waals surface area contributed by atoms with Crippen LogP contribution in [0.3, 0.4) is 0 Å². The maximum Gasteiger partial charge on any atom is 0.234 e. The van der Waals surface area contributed by atoms with Crippen LogP contribution in [0, 0.1) is 5.82 Å². The molecule has 0 N–H and O–H groups in total. The van der Waals surface area contributed by atoms with Crippen molar-refractivity contribution in [3.63, 3.8) is 0 Å². The van der Waals surface area contributed by atoms with Crippen molar-refractivity contribution in [3.8, 4) is 0 Å². The minimum absolute atomic E-state index is 0.232.